The van der Waals surface area contributed by atoms with E-state index in [1.807, 2.05) is 6.08 Å². The second kappa shape index (κ2) is 9.60. The van der Waals surface area contributed by atoms with E-state index in [4.69, 9.17) is 0 Å². The van der Waals surface area contributed by atoms with Gasteiger partial charge in [-0.05, 0) is 56.2 Å². The second-order valence-electron chi connectivity index (χ2n) is 6.64. The number of anilines is 1. The molecule has 1 aromatic heterocycles. The lowest BCUT2D eigenvalue weighted by molar-refractivity contribution is 0.731. The third-order valence-corrected chi connectivity index (χ3v) is 5.92. The van der Waals surface area contributed by atoms with Gasteiger partial charge >= 0.3 is 0 Å². The Morgan fingerprint density at radius 3 is 2.39 bits per heavy atom. The first-order valence-corrected chi connectivity index (χ1v) is 10.7. The van der Waals surface area contributed by atoms with Gasteiger partial charge in [0.2, 0.25) is 0 Å². The lowest BCUT2D eigenvalue weighted by Crippen LogP contribution is -2.21. The van der Waals surface area contributed by atoms with Crippen LogP contribution in [0.5, 0.6) is 0 Å². The van der Waals surface area contributed by atoms with Crippen molar-refractivity contribution in [3.8, 4) is 11.4 Å². The summed E-state index contributed by atoms with van der Waals surface area (Å²) in [6, 6.07) is 17.1. The van der Waals surface area contributed by atoms with Crippen LogP contribution in [0.2, 0.25) is 0 Å². The lowest BCUT2D eigenvalue weighted by atomic mass is 10.1. The van der Waals surface area contributed by atoms with E-state index in [2.05, 4.69) is 95.5 Å². The van der Waals surface area contributed by atoms with E-state index in [0.29, 0.717) is 6.54 Å². The molecule has 0 N–H and O–H groups in total. The molecule has 5 heteroatoms. The van der Waals surface area contributed by atoms with E-state index in [1.54, 1.807) is 11.8 Å². The molecule has 28 heavy (non-hydrogen) atoms. The molecule has 0 unspecified atom stereocenters. The van der Waals surface area contributed by atoms with Crippen LogP contribution in [-0.2, 0) is 12.3 Å². The highest BCUT2D eigenvalue weighted by molar-refractivity contribution is 7.98. The van der Waals surface area contributed by atoms with Crippen molar-refractivity contribution in [1.29, 1.82) is 0 Å². The maximum atomic E-state index is 4.49. The predicted octanol–water partition coefficient (Wildman–Crippen LogP) is 5.58. The van der Waals surface area contributed by atoms with Crippen LogP contribution in [0.4, 0.5) is 5.69 Å². The molecule has 3 rings (SSSR count). The smallest absolute Gasteiger partial charge is 0.192 e. The molecular formula is C23H28N4S. The quantitative estimate of drug-likeness (QED) is 0.352. The number of rotatable bonds is 9. The van der Waals surface area contributed by atoms with E-state index in [9.17, 15) is 0 Å². The van der Waals surface area contributed by atoms with Crippen LogP contribution >= 0.6 is 11.8 Å². The maximum Gasteiger partial charge on any atom is 0.192 e. The van der Waals surface area contributed by atoms with Crippen molar-refractivity contribution in [2.75, 3.05) is 18.0 Å². The van der Waals surface area contributed by atoms with E-state index in [-0.39, 0.29) is 0 Å². The second-order valence-corrected chi connectivity index (χ2v) is 7.58. The fourth-order valence-electron chi connectivity index (χ4n) is 3.23. The third-order valence-electron chi connectivity index (χ3n) is 4.90. The monoisotopic (exact) mass is 392 g/mol. The first kappa shape index (κ1) is 20.2. The molecule has 0 saturated carbocycles. The van der Waals surface area contributed by atoms with Crippen LogP contribution in [0, 0.1) is 6.92 Å². The minimum absolute atomic E-state index is 0.691. The summed E-state index contributed by atoms with van der Waals surface area (Å²) in [6.45, 7) is 13.1. The molecule has 146 valence electrons. The summed E-state index contributed by atoms with van der Waals surface area (Å²) in [7, 11) is 0. The van der Waals surface area contributed by atoms with Crippen LogP contribution in [-0.4, -0.2) is 27.9 Å². The minimum Gasteiger partial charge on any atom is -0.372 e. The Morgan fingerprint density at radius 1 is 1.04 bits per heavy atom. The topological polar surface area (TPSA) is 34.0 Å². The van der Waals surface area contributed by atoms with E-state index in [0.717, 1.165) is 35.4 Å². The maximum absolute atomic E-state index is 4.49. The molecule has 4 nitrogen and oxygen atoms in total. The Morgan fingerprint density at radius 2 is 1.75 bits per heavy atom. The SMILES string of the molecule is C=CCn1c(SCc2ccccc2C)nnc1-c1ccc(N(CC)CC)cc1. The summed E-state index contributed by atoms with van der Waals surface area (Å²) >= 11 is 1.72. The van der Waals surface area contributed by atoms with Crippen molar-refractivity contribution >= 4 is 17.4 Å². The van der Waals surface area contributed by atoms with Crippen LogP contribution in [0.3, 0.4) is 0 Å². The molecule has 1 heterocycles. The molecule has 2 aromatic carbocycles. The van der Waals surface area contributed by atoms with Crippen LogP contribution in [0.1, 0.15) is 25.0 Å². The molecule has 0 spiro atoms. The summed E-state index contributed by atoms with van der Waals surface area (Å²) in [5.41, 5.74) is 4.94. The molecule has 0 bridgehead atoms. The number of nitrogens with zero attached hydrogens (tertiary/aromatic N) is 4. The predicted molar refractivity (Wildman–Crippen MR) is 120 cm³/mol. The van der Waals surface area contributed by atoms with Crippen molar-refractivity contribution in [1.82, 2.24) is 14.8 Å². The average molecular weight is 393 g/mol. The van der Waals surface area contributed by atoms with Crippen molar-refractivity contribution in [3.63, 3.8) is 0 Å². The summed E-state index contributed by atoms with van der Waals surface area (Å²) in [5, 5.41) is 9.87. The molecule has 0 aliphatic carbocycles. The fourth-order valence-corrected chi connectivity index (χ4v) is 4.25. The van der Waals surface area contributed by atoms with Crippen molar-refractivity contribution in [2.45, 2.75) is 38.2 Å². The van der Waals surface area contributed by atoms with Crippen LogP contribution in [0.25, 0.3) is 11.4 Å². The Balaban J connectivity index is 1.84. The molecule has 0 atom stereocenters. The summed E-state index contributed by atoms with van der Waals surface area (Å²) < 4.78 is 2.14. The van der Waals surface area contributed by atoms with E-state index in [1.165, 1.54) is 16.8 Å². The van der Waals surface area contributed by atoms with Gasteiger partial charge in [-0.3, -0.25) is 4.57 Å². The van der Waals surface area contributed by atoms with Crippen molar-refractivity contribution in [2.24, 2.45) is 0 Å². The largest absolute Gasteiger partial charge is 0.372 e. The number of hydrogen-bond donors (Lipinski definition) is 0. The normalized spacial score (nSPS) is 10.8. The minimum atomic E-state index is 0.691. The molecule has 3 aromatic rings. The molecule has 0 aliphatic rings. The highest BCUT2D eigenvalue weighted by Gasteiger charge is 2.14. The molecule has 0 amide bonds. The van der Waals surface area contributed by atoms with Gasteiger partial charge in [-0.25, -0.2) is 0 Å². The number of benzene rings is 2. The first-order valence-electron chi connectivity index (χ1n) is 9.74. The van der Waals surface area contributed by atoms with Gasteiger partial charge in [0.15, 0.2) is 11.0 Å². The van der Waals surface area contributed by atoms with Gasteiger partial charge in [-0.1, -0.05) is 42.1 Å². The Labute approximate surface area is 172 Å². The van der Waals surface area contributed by atoms with Gasteiger partial charge in [0.1, 0.15) is 0 Å². The van der Waals surface area contributed by atoms with Gasteiger partial charge in [0.05, 0.1) is 0 Å². The Bertz CT molecular complexity index is 911. The number of allylic oxidation sites excluding steroid dienone is 1. The zero-order valence-electron chi connectivity index (χ0n) is 16.9. The summed E-state index contributed by atoms with van der Waals surface area (Å²) in [6.07, 6.45) is 1.90. The molecule has 0 aliphatic heterocycles. The third kappa shape index (κ3) is 4.47. The average Bonchev–Trinajstić information content (AvgIpc) is 3.12. The number of thioether (sulfide) groups is 1. The lowest BCUT2D eigenvalue weighted by Gasteiger charge is -2.21. The van der Waals surface area contributed by atoms with E-state index < -0.39 is 0 Å². The highest BCUT2D eigenvalue weighted by atomic mass is 32.2. The van der Waals surface area contributed by atoms with Crippen molar-refractivity contribution in [3.05, 3.63) is 72.3 Å². The van der Waals surface area contributed by atoms with E-state index >= 15 is 0 Å². The first-order chi connectivity index (χ1) is 13.7. The van der Waals surface area contributed by atoms with Gasteiger partial charge in [0, 0.05) is 36.6 Å². The fraction of sp³-hybridized carbons (Fsp3) is 0.304. The van der Waals surface area contributed by atoms with Gasteiger partial charge in [-0.15, -0.1) is 16.8 Å². The van der Waals surface area contributed by atoms with Crippen LogP contribution in [0.15, 0.2) is 66.3 Å². The standard InChI is InChI=1S/C23H28N4S/c1-5-16-27-22(19-12-14-21(15-13-19)26(6-2)7-3)24-25-23(27)28-17-20-11-9-8-10-18(20)4/h5,8-15H,1,6-7,16-17H2,2-4H3. The van der Waals surface area contributed by atoms with Gasteiger partial charge in [0.25, 0.3) is 0 Å². The molecule has 0 radical (unpaired) electrons. The van der Waals surface area contributed by atoms with Gasteiger partial charge < -0.3 is 4.90 Å². The molecular weight excluding hydrogens is 364 g/mol. The Kier molecular flexibility index (Phi) is 6.93. The summed E-state index contributed by atoms with van der Waals surface area (Å²) in [4.78, 5) is 2.34. The van der Waals surface area contributed by atoms with Crippen LogP contribution < -0.4 is 4.90 Å². The zero-order valence-corrected chi connectivity index (χ0v) is 17.7. The Hall–Kier alpha value is -2.53. The van der Waals surface area contributed by atoms with Crippen molar-refractivity contribution < 1.29 is 0 Å². The number of hydrogen-bond acceptors (Lipinski definition) is 4. The summed E-state index contributed by atoms with van der Waals surface area (Å²) in [5.74, 6) is 1.77. The molecule has 0 saturated heterocycles. The number of aryl methyl sites for hydroxylation is 1. The molecule has 0 fully saturated rings. The zero-order chi connectivity index (χ0) is 19.9. The van der Waals surface area contributed by atoms with Gasteiger partial charge in [-0.2, -0.15) is 0 Å². The number of aromatic nitrogens is 3. The highest BCUT2D eigenvalue weighted by Crippen LogP contribution is 2.28.